The minimum absolute atomic E-state index is 0.135. The number of aromatic nitrogens is 1. The monoisotopic (exact) mass is 290 g/mol. The molecular weight excluding hydrogens is 276 g/mol. The van der Waals surface area contributed by atoms with Crippen molar-refractivity contribution in [2.45, 2.75) is 13.8 Å². The number of benzene rings is 1. The molecule has 0 amide bonds. The van der Waals surface area contributed by atoms with Crippen LogP contribution in [0.2, 0.25) is 0 Å². The third kappa shape index (κ3) is 2.76. The lowest BCUT2D eigenvalue weighted by molar-refractivity contribution is -0.383. The topological polar surface area (TPSA) is 91.6 Å². The van der Waals surface area contributed by atoms with Crippen molar-refractivity contribution in [2.24, 2.45) is 0 Å². The SMILES string of the molecule is CCOC(=O)c1cnc2c([N+](=O)[O-])cccc2c1OCC. The molecule has 0 N–H and O–H groups in total. The number of carbonyl (C=O) groups is 1. The van der Waals surface area contributed by atoms with Crippen molar-refractivity contribution in [1.82, 2.24) is 4.98 Å². The van der Waals surface area contributed by atoms with Gasteiger partial charge in [-0.25, -0.2) is 9.78 Å². The first-order chi connectivity index (χ1) is 10.1. The molecule has 0 spiro atoms. The zero-order valence-electron chi connectivity index (χ0n) is 11.7. The number of esters is 1. The Balaban J connectivity index is 2.71. The summed E-state index contributed by atoms with van der Waals surface area (Å²) in [7, 11) is 0. The van der Waals surface area contributed by atoms with Gasteiger partial charge in [0.25, 0.3) is 5.69 Å². The minimum Gasteiger partial charge on any atom is -0.492 e. The van der Waals surface area contributed by atoms with E-state index in [4.69, 9.17) is 9.47 Å². The van der Waals surface area contributed by atoms with Crippen LogP contribution in [0.3, 0.4) is 0 Å². The van der Waals surface area contributed by atoms with E-state index < -0.39 is 10.9 Å². The van der Waals surface area contributed by atoms with Gasteiger partial charge in [0.1, 0.15) is 11.3 Å². The van der Waals surface area contributed by atoms with E-state index >= 15 is 0 Å². The second-order valence-corrected chi connectivity index (χ2v) is 4.08. The molecule has 0 saturated carbocycles. The lowest BCUT2D eigenvalue weighted by Crippen LogP contribution is -2.09. The van der Waals surface area contributed by atoms with Gasteiger partial charge >= 0.3 is 5.97 Å². The number of non-ortho nitro benzene ring substituents is 1. The Kier molecular flexibility index (Phi) is 4.32. The predicted octanol–water partition coefficient (Wildman–Crippen LogP) is 2.72. The molecule has 7 heteroatoms. The smallest absolute Gasteiger partial charge is 0.343 e. The van der Waals surface area contributed by atoms with Crippen LogP contribution in [0.5, 0.6) is 5.75 Å². The molecule has 0 saturated heterocycles. The van der Waals surface area contributed by atoms with Crippen LogP contribution in [0.4, 0.5) is 5.69 Å². The van der Waals surface area contributed by atoms with Crippen LogP contribution >= 0.6 is 0 Å². The molecule has 0 fully saturated rings. The quantitative estimate of drug-likeness (QED) is 0.477. The van der Waals surface area contributed by atoms with Crippen molar-refractivity contribution < 1.29 is 19.2 Å². The van der Waals surface area contributed by atoms with E-state index in [2.05, 4.69) is 4.98 Å². The molecular formula is C14H14N2O5. The average Bonchev–Trinajstić information content (AvgIpc) is 2.47. The third-order valence-corrected chi connectivity index (χ3v) is 2.81. The number of ether oxygens (including phenoxy) is 2. The summed E-state index contributed by atoms with van der Waals surface area (Å²) in [5.41, 5.74) is 0.203. The molecule has 0 atom stereocenters. The van der Waals surface area contributed by atoms with E-state index in [1.165, 1.54) is 18.3 Å². The highest BCUT2D eigenvalue weighted by Gasteiger charge is 2.22. The average molecular weight is 290 g/mol. The lowest BCUT2D eigenvalue weighted by atomic mass is 10.1. The normalized spacial score (nSPS) is 10.4. The number of nitro benzene ring substituents is 1. The highest BCUT2D eigenvalue weighted by atomic mass is 16.6. The molecule has 21 heavy (non-hydrogen) atoms. The molecule has 2 rings (SSSR count). The highest BCUT2D eigenvalue weighted by Crippen LogP contribution is 2.33. The van der Waals surface area contributed by atoms with Gasteiger partial charge in [0.05, 0.1) is 23.5 Å². The zero-order valence-corrected chi connectivity index (χ0v) is 11.7. The number of hydrogen-bond donors (Lipinski definition) is 0. The largest absolute Gasteiger partial charge is 0.492 e. The van der Waals surface area contributed by atoms with E-state index in [0.29, 0.717) is 12.0 Å². The number of para-hydroxylation sites is 1. The number of pyridine rings is 1. The maximum absolute atomic E-state index is 11.9. The second-order valence-electron chi connectivity index (χ2n) is 4.08. The van der Waals surface area contributed by atoms with Crippen LogP contribution in [0.15, 0.2) is 24.4 Å². The van der Waals surface area contributed by atoms with Crippen molar-refractivity contribution in [3.63, 3.8) is 0 Å². The maximum atomic E-state index is 11.9. The summed E-state index contributed by atoms with van der Waals surface area (Å²) >= 11 is 0. The zero-order chi connectivity index (χ0) is 15.4. The standard InChI is InChI=1S/C14H14N2O5/c1-3-20-13-9-6-5-7-11(16(18)19)12(9)15-8-10(13)14(17)21-4-2/h5-8H,3-4H2,1-2H3. The van der Waals surface area contributed by atoms with Gasteiger partial charge in [0, 0.05) is 12.3 Å². The van der Waals surface area contributed by atoms with E-state index in [1.807, 2.05) is 0 Å². The Hall–Kier alpha value is -2.70. The van der Waals surface area contributed by atoms with Crippen LogP contribution in [-0.2, 0) is 4.74 Å². The summed E-state index contributed by atoms with van der Waals surface area (Å²) in [5.74, 6) is -0.313. The van der Waals surface area contributed by atoms with Gasteiger partial charge in [-0.15, -0.1) is 0 Å². The van der Waals surface area contributed by atoms with Crippen LogP contribution in [0.1, 0.15) is 24.2 Å². The summed E-state index contributed by atoms with van der Waals surface area (Å²) in [6.07, 6.45) is 1.25. The molecule has 110 valence electrons. The fourth-order valence-electron chi connectivity index (χ4n) is 1.98. The van der Waals surface area contributed by atoms with E-state index in [-0.39, 0.29) is 29.1 Å². The molecule has 0 radical (unpaired) electrons. The molecule has 7 nitrogen and oxygen atoms in total. The van der Waals surface area contributed by atoms with Gasteiger partial charge in [-0.1, -0.05) is 6.07 Å². The van der Waals surface area contributed by atoms with Crippen molar-refractivity contribution >= 4 is 22.6 Å². The molecule has 0 aliphatic rings. The van der Waals surface area contributed by atoms with Crippen molar-refractivity contribution in [2.75, 3.05) is 13.2 Å². The highest BCUT2D eigenvalue weighted by molar-refractivity contribution is 6.01. The predicted molar refractivity (Wildman–Crippen MR) is 75.5 cm³/mol. The summed E-state index contributed by atoms with van der Waals surface area (Å²) in [5, 5.41) is 11.5. The Bertz CT molecular complexity index is 699. The van der Waals surface area contributed by atoms with Gasteiger partial charge in [-0.2, -0.15) is 0 Å². The number of nitro groups is 1. The summed E-state index contributed by atoms with van der Waals surface area (Å²) in [4.78, 5) is 26.5. The molecule has 0 aliphatic carbocycles. The molecule has 0 bridgehead atoms. The summed E-state index contributed by atoms with van der Waals surface area (Å²) < 4.78 is 10.4. The Morgan fingerprint density at radius 1 is 1.33 bits per heavy atom. The van der Waals surface area contributed by atoms with Crippen molar-refractivity contribution in [1.29, 1.82) is 0 Å². The van der Waals surface area contributed by atoms with Gasteiger partial charge in [0.15, 0.2) is 5.52 Å². The van der Waals surface area contributed by atoms with Crippen LogP contribution in [0, 0.1) is 10.1 Å². The van der Waals surface area contributed by atoms with E-state index in [1.54, 1.807) is 19.9 Å². The summed E-state index contributed by atoms with van der Waals surface area (Å²) in [6.45, 7) is 3.99. The first kappa shape index (κ1) is 14.7. The Labute approximate surface area is 120 Å². The number of hydrogen-bond acceptors (Lipinski definition) is 6. The maximum Gasteiger partial charge on any atom is 0.343 e. The van der Waals surface area contributed by atoms with Gasteiger partial charge < -0.3 is 9.47 Å². The van der Waals surface area contributed by atoms with Crippen LogP contribution in [0.25, 0.3) is 10.9 Å². The van der Waals surface area contributed by atoms with Crippen LogP contribution < -0.4 is 4.74 Å². The second kappa shape index (κ2) is 6.17. The van der Waals surface area contributed by atoms with E-state index in [0.717, 1.165) is 0 Å². The van der Waals surface area contributed by atoms with Gasteiger partial charge in [-0.05, 0) is 19.9 Å². The molecule has 1 heterocycles. The Morgan fingerprint density at radius 3 is 2.71 bits per heavy atom. The number of nitrogens with zero attached hydrogens (tertiary/aromatic N) is 2. The molecule has 0 unspecified atom stereocenters. The molecule has 0 aliphatic heterocycles. The van der Waals surface area contributed by atoms with Crippen molar-refractivity contribution in [3.8, 4) is 5.75 Å². The number of carbonyl (C=O) groups excluding carboxylic acids is 1. The van der Waals surface area contributed by atoms with Gasteiger partial charge in [-0.3, -0.25) is 10.1 Å². The van der Waals surface area contributed by atoms with Crippen molar-refractivity contribution in [3.05, 3.63) is 40.1 Å². The first-order valence-corrected chi connectivity index (χ1v) is 6.46. The van der Waals surface area contributed by atoms with Crippen LogP contribution in [-0.4, -0.2) is 29.1 Å². The van der Waals surface area contributed by atoms with E-state index in [9.17, 15) is 14.9 Å². The molecule has 2 aromatic rings. The third-order valence-electron chi connectivity index (χ3n) is 2.81. The lowest BCUT2D eigenvalue weighted by Gasteiger charge is -2.11. The minimum atomic E-state index is -0.568. The number of fused-ring (bicyclic) bond motifs is 1. The molecule has 1 aromatic heterocycles. The fraction of sp³-hybridized carbons (Fsp3) is 0.286. The summed E-state index contributed by atoms with van der Waals surface area (Å²) in [6, 6.07) is 4.51. The molecule has 1 aromatic carbocycles. The fourth-order valence-corrected chi connectivity index (χ4v) is 1.98. The first-order valence-electron chi connectivity index (χ1n) is 6.46. The van der Waals surface area contributed by atoms with Gasteiger partial charge in [0.2, 0.25) is 0 Å². The Morgan fingerprint density at radius 2 is 2.10 bits per heavy atom. The number of rotatable bonds is 5.